The summed E-state index contributed by atoms with van der Waals surface area (Å²) >= 11 is 1.65. The van der Waals surface area contributed by atoms with E-state index < -0.39 is 0 Å². The second-order valence-electron chi connectivity index (χ2n) is 4.59. The predicted octanol–water partition coefficient (Wildman–Crippen LogP) is 1.41. The van der Waals surface area contributed by atoms with Gasteiger partial charge in [-0.1, -0.05) is 12.1 Å². The molecule has 1 aromatic carbocycles. The van der Waals surface area contributed by atoms with Gasteiger partial charge in [0.2, 0.25) is 5.91 Å². The summed E-state index contributed by atoms with van der Waals surface area (Å²) in [5.41, 5.74) is 0.705. The molecule has 0 saturated carbocycles. The molecule has 0 aliphatic carbocycles. The van der Waals surface area contributed by atoms with Crippen LogP contribution in [0.15, 0.2) is 29.2 Å². The van der Waals surface area contributed by atoms with Crippen molar-refractivity contribution in [3.63, 3.8) is 0 Å². The quantitative estimate of drug-likeness (QED) is 0.668. The standard InChI is InChI=1S/C14H18N2O2S/c1-10-14(18)15-7-8-16(10)9-13(17)11-3-5-12(19-2)6-4-11/h3-6,10H,7-9H2,1-2H3,(H,15,18). The molecule has 1 atom stereocenters. The van der Waals surface area contributed by atoms with E-state index in [0.29, 0.717) is 18.7 Å². The lowest BCUT2D eigenvalue weighted by Crippen LogP contribution is -2.55. The van der Waals surface area contributed by atoms with Gasteiger partial charge in [-0.2, -0.15) is 0 Å². The molecule has 1 aromatic rings. The molecule has 0 spiro atoms. The number of carbonyl (C=O) groups excluding carboxylic acids is 2. The Morgan fingerprint density at radius 1 is 1.42 bits per heavy atom. The van der Waals surface area contributed by atoms with E-state index in [-0.39, 0.29) is 17.7 Å². The Labute approximate surface area is 117 Å². The van der Waals surface area contributed by atoms with Crippen LogP contribution in [0.1, 0.15) is 17.3 Å². The maximum atomic E-state index is 12.2. The van der Waals surface area contributed by atoms with Crippen LogP contribution in [0.25, 0.3) is 0 Å². The third-order valence-corrected chi connectivity index (χ3v) is 4.13. The van der Waals surface area contributed by atoms with Crippen molar-refractivity contribution in [3.05, 3.63) is 29.8 Å². The van der Waals surface area contributed by atoms with Gasteiger partial charge < -0.3 is 5.32 Å². The number of nitrogens with zero attached hydrogens (tertiary/aromatic N) is 1. The lowest BCUT2D eigenvalue weighted by molar-refractivity contribution is -0.127. The fourth-order valence-corrected chi connectivity index (χ4v) is 2.51. The number of benzene rings is 1. The number of hydrogen-bond donors (Lipinski definition) is 1. The molecule has 1 aliphatic heterocycles. The van der Waals surface area contributed by atoms with Crippen molar-refractivity contribution in [3.8, 4) is 0 Å². The monoisotopic (exact) mass is 278 g/mol. The summed E-state index contributed by atoms with van der Waals surface area (Å²) < 4.78 is 0. The first-order chi connectivity index (χ1) is 9.11. The van der Waals surface area contributed by atoms with Crippen LogP contribution in [0.2, 0.25) is 0 Å². The van der Waals surface area contributed by atoms with Crippen molar-refractivity contribution in [2.75, 3.05) is 25.9 Å². The molecule has 0 bridgehead atoms. The normalized spacial score (nSPS) is 20.1. The molecule has 1 unspecified atom stereocenters. The van der Waals surface area contributed by atoms with E-state index in [4.69, 9.17) is 0 Å². The Hall–Kier alpha value is -1.33. The summed E-state index contributed by atoms with van der Waals surface area (Å²) in [5, 5.41) is 2.80. The largest absolute Gasteiger partial charge is 0.353 e. The number of hydrogen-bond acceptors (Lipinski definition) is 4. The maximum absolute atomic E-state index is 12.2. The minimum absolute atomic E-state index is 0.00298. The Balaban J connectivity index is 2.01. The van der Waals surface area contributed by atoms with Gasteiger partial charge in [0.25, 0.3) is 0 Å². The van der Waals surface area contributed by atoms with E-state index in [0.717, 1.165) is 11.4 Å². The van der Waals surface area contributed by atoms with Gasteiger partial charge in [-0.25, -0.2) is 0 Å². The number of thioether (sulfide) groups is 1. The van der Waals surface area contributed by atoms with Crippen LogP contribution >= 0.6 is 11.8 Å². The molecular formula is C14H18N2O2S. The smallest absolute Gasteiger partial charge is 0.237 e. The SMILES string of the molecule is CSc1ccc(C(=O)CN2CCNC(=O)C2C)cc1. The average molecular weight is 278 g/mol. The summed E-state index contributed by atoms with van der Waals surface area (Å²) in [6.07, 6.45) is 2.00. The Bertz CT molecular complexity index is 473. The zero-order chi connectivity index (χ0) is 13.8. The fraction of sp³-hybridized carbons (Fsp3) is 0.429. The molecule has 0 radical (unpaired) electrons. The number of Topliss-reactive ketones (excluding diaryl/α,β-unsaturated/α-hetero) is 1. The highest BCUT2D eigenvalue weighted by Crippen LogP contribution is 2.15. The third kappa shape index (κ3) is 3.36. The first-order valence-corrected chi connectivity index (χ1v) is 7.53. The summed E-state index contributed by atoms with van der Waals surface area (Å²) in [6, 6.07) is 7.36. The van der Waals surface area contributed by atoms with Crippen molar-refractivity contribution >= 4 is 23.5 Å². The van der Waals surface area contributed by atoms with Crippen LogP contribution in [-0.2, 0) is 4.79 Å². The van der Waals surface area contributed by atoms with Crippen molar-refractivity contribution in [2.45, 2.75) is 17.9 Å². The van der Waals surface area contributed by atoms with Crippen LogP contribution in [0.3, 0.4) is 0 Å². The second kappa shape index (κ2) is 6.21. The molecule has 4 nitrogen and oxygen atoms in total. The number of carbonyl (C=O) groups is 2. The summed E-state index contributed by atoms with van der Waals surface area (Å²) in [4.78, 5) is 26.8. The molecule has 102 valence electrons. The highest BCUT2D eigenvalue weighted by molar-refractivity contribution is 7.98. The molecule has 19 heavy (non-hydrogen) atoms. The molecule has 0 aromatic heterocycles. The van der Waals surface area contributed by atoms with E-state index in [1.54, 1.807) is 11.8 Å². The van der Waals surface area contributed by atoms with Crippen LogP contribution in [-0.4, -0.2) is 48.5 Å². The van der Waals surface area contributed by atoms with Gasteiger partial charge in [0.05, 0.1) is 12.6 Å². The van der Waals surface area contributed by atoms with Crippen molar-refractivity contribution < 1.29 is 9.59 Å². The van der Waals surface area contributed by atoms with Gasteiger partial charge >= 0.3 is 0 Å². The molecule has 1 saturated heterocycles. The van der Waals surface area contributed by atoms with Crippen molar-refractivity contribution in [2.24, 2.45) is 0 Å². The number of amides is 1. The molecule has 1 heterocycles. The molecular weight excluding hydrogens is 260 g/mol. The summed E-state index contributed by atoms with van der Waals surface area (Å²) in [6.45, 7) is 3.47. The van der Waals surface area contributed by atoms with Crippen molar-refractivity contribution in [1.82, 2.24) is 10.2 Å². The van der Waals surface area contributed by atoms with E-state index in [9.17, 15) is 9.59 Å². The van der Waals surface area contributed by atoms with Gasteiger partial charge in [-0.3, -0.25) is 14.5 Å². The van der Waals surface area contributed by atoms with Gasteiger partial charge in [-0.05, 0) is 25.3 Å². The van der Waals surface area contributed by atoms with Crippen LogP contribution in [0.5, 0.6) is 0 Å². The van der Waals surface area contributed by atoms with Crippen LogP contribution in [0.4, 0.5) is 0 Å². The highest BCUT2D eigenvalue weighted by Gasteiger charge is 2.26. The van der Waals surface area contributed by atoms with E-state index >= 15 is 0 Å². The lowest BCUT2D eigenvalue weighted by Gasteiger charge is -2.32. The Morgan fingerprint density at radius 2 is 2.11 bits per heavy atom. The van der Waals surface area contributed by atoms with Crippen LogP contribution in [0, 0.1) is 0 Å². The number of ketones is 1. The molecule has 1 N–H and O–H groups in total. The Kier molecular flexibility index (Phi) is 4.61. The van der Waals surface area contributed by atoms with Gasteiger partial charge in [0.15, 0.2) is 5.78 Å². The third-order valence-electron chi connectivity index (χ3n) is 3.38. The summed E-state index contributed by atoms with van der Waals surface area (Å²) in [5.74, 6) is 0.0611. The minimum atomic E-state index is -0.233. The summed E-state index contributed by atoms with van der Waals surface area (Å²) in [7, 11) is 0. The minimum Gasteiger partial charge on any atom is -0.353 e. The zero-order valence-electron chi connectivity index (χ0n) is 11.2. The number of piperazine rings is 1. The van der Waals surface area contributed by atoms with Gasteiger partial charge in [-0.15, -0.1) is 11.8 Å². The molecule has 2 rings (SSSR count). The number of rotatable bonds is 4. The first-order valence-electron chi connectivity index (χ1n) is 6.31. The van der Waals surface area contributed by atoms with Crippen molar-refractivity contribution in [1.29, 1.82) is 0 Å². The fourth-order valence-electron chi connectivity index (χ4n) is 2.10. The molecule has 1 amide bonds. The molecule has 1 fully saturated rings. The zero-order valence-corrected chi connectivity index (χ0v) is 12.0. The van der Waals surface area contributed by atoms with Gasteiger partial charge in [0, 0.05) is 23.5 Å². The van der Waals surface area contributed by atoms with E-state index in [2.05, 4.69) is 5.32 Å². The molecule has 1 aliphatic rings. The number of nitrogens with one attached hydrogen (secondary N) is 1. The topological polar surface area (TPSA) is 49.4 Å². The van der Waals surface area contributed by atoms with E-state index in [1.807, 2.05) is 42.3 Å². The average Bonchev–Trinajstić information content (AvgIpc) is 2.44. The second-order valence-corrected chi connectivity index (χ2v) is 5.47. The lowest BCUT2D eigenvalue weighted by atomic mass is 10.1. The molecule has 5 heteroatoms. The van der Waals surface area contributed by atoms with Crippen LogP contribution < -0.4 is 5.32 Å². The predicted molar refractivity (Wildman–Crippen MR) is 76.6 cm³/mol. The highest BCUT2D eigenvalue weighted by atomic mass is 32.2. The van der Waals surface area contributed by atoms with E-state index in [1.165, 1.54) is 0 Å². The Morgan fingerprint density at radius 3 is 2.74 bits per heavy atom. The van der Waals surface area contributed by atoms with Gasteiger partial charge in [0.1, 0.15) is 0 Å². The first kappa shape index (κ1) is 14.1. The maximum Gasteiger partial charge on any atom is 0.237 e.